The number of halogens is 1. The van der Waals surface area contributed by atoms with Crippen LogP contribution in [0.15, 0.2) is 48.1 Å². The fourth-order valence-corrected chi connectivity index (χ4v) is 1.42. The third-order valence-corrected chi connectivity index (χ3v) is 2.34. The summed E-state index contributed by atoms with van der Waals surface area (Å²) in [5.74, 6) is 0.194. The van der Waals surface area contributed by atoms with Gasteiger partial charge in [-0.15, -0.1) is 0 Å². The molecule has 0 aliphatic carbocycles. The molecular weight excluding hydrogens is 298 g/mol. The third-order valence-electron chi connectivity index (χ3n) is 2.11. The summed E-state index contributed by atoms with van der Waals surface area (Å²) in [6, 6.07) is 3.24. The summed E-state index contributed by atoms with van der Waals surface area (Å²) in [7, 11) is 0. The van der Waals surface area contributed by atoms with E-state index < -0.39 is 5.97 Å². The van der Waals surface area contributed by atoms with Crippen LogP contribution in [-0.2, 0) is 4.74 Å². The highest BCUT2D eigenvalue weighted by Crippen LogP contribution is 2.09. The first-order valence-electron chi connectivity index (χ1n) is 5.11. The average Bonchev–Trinajstić information content (AvgIpc) is 2.90. The molecule has 0 saturated heterocycles. The zero-order chi connectivity index (χ0) is 13.0. The Morgan fingerprint density at radius 1 is 1.50 bits per heavy atom. The quantitative estimate of drug-likeness (QED) is 0.814. The standard InChI is InChI=1S/C12H10BrN3O2/c1-9(13)7-18-12(17)10-2-3-15-11(6-10)16-5-4-14-8-16/h2-6,8H,1,7H2. The molecule has 18 heavy (non-hydrogen) atoms. The van der Waals surface area contributed by atoms with Crippen molar-refractivity contribution in [1.82, 2.24) is 14.5 Å². The fraction of sp³-hybridized carbons (Fsp3) is 0.0833. The Balaban J connectivity index is 2.17. The molecule has 0 radical (unpaired) electrons. The van der Waals surface area contributed by atoms with Crippen LogP contribution in [0, 0.1) is 0 Å². The minimum absolute atomic E-state index is 0.140. The molecule has 0 bridgehead atoms. The molecule has 0 atom stereocenters. The van der Waals surface area contributed by atoms with Crippen molar-refractivity contribution in [3.8, 4) is 5.82 Å². The lowest BCUT2D eigenvalue weighted by Gasteiger charge is -2.05. The molecule has 2 aromatic rings. The van der Waals surface area contributed by atoms with Crippen LogP contribution in [-0.4, -0.2) is 27.1 Å². The number of hydrogen-bond acceptors (Lipinski definition) is 4. The van der Waals surface area contributed by atoms with E-state index in [4.69, 9.17) is 4.74 Å². The second-order valence-electron chi connectivity index (χ2n) is 3.47. The minimum atomic E-state index is -0.417. The van der Waals surface area contributed by atoms with E-state index in [1.54, 1.807) is 41.6 Å². The van der Waals surface area contributed by atoms with Gasteiger partial charge < -0.3 is 4.74 Å². The summed E-state index contributed by atoms with van der Waals surface area (Å²) in [6.07, 6.45) is 6.55. The molecule has 0 saturated carbocycles. The van der Waals surface area contributed by atoms with E-state index in [-0.39, 0.29) is 6.61 Å². The number of pyridine rings is 1. The average molecular weight is 308 g/mol. The Morgan fingerprint density at radius 3 is 3.00 bits per heavy atom. The number of rotatable bonds is 4. The monoisotopic (exact) mass is 307 g/mol. The van der Waals surface area contributed by atoms with Gasteiger partial charge in [0.15, 0.2) is 0 Å². The van der Waals surface area contributed by atoms with E-state index in [1.807, 2.05) is 0 Å². The number of aromatic nitrogens is 3. The smallest absolute Gasteiger partial charge is 0.338 e. The first kappa shape index (κ1) is 12.5. The van der Waals surface area contributed by atoms with E-state index in [0.717, 1.165) is 0 Å². The number of imidazole rings is 1. The summed E-state index contributed by atoms with van der Waals surface area (Å²) in [4.78, 5) is 19.8. The van der Waals surface area contributed by atoms with Crippen molar-refractivity contribution in [1.29, 1.82) is 0 Å². The lowest BCUT2D eigenvalue weighted by atomic mass is 10.2. The van der Waals surface area contributed by atoms with Crippen LogP contribution in [0.5, 0.6) is 0 Å². The molecule has 0 fully saturated rings. The number of ether oxygens (including phenoxy) is 1. The fourth-order valence-electron chi connectivity index (χ4n) is 1.31. The van der Waals surface area contributed by atoms with Crippen molar-refractivity contribution in [3.63, 3.8) is 0 Å². The minimum Gasteiger partial charge on any atom is -0.457 e. The molecule has 5 nitrogen and oxygen atoms in total. The SMILES string of the molecule is C=C(Br)COC(=O)c1ccnc(-n2ccnc2)c1. The highest BCUT2D eigenvalue weighted by molar-refractivity contribution is 9.11. The van der Waals surface area contributed by atoms with Crippen LogP contribution in [0.2, 0.25) is 0 Å². The second-order valence-corrected chi connectivity index (χ2v) is 4.59. The molecule has 2 rings (SSSR count). The Morgan fingerprint density at radius 2 is 2.33 bits per heavy atom. The first-order valence-corrected chi connectivity index (χ1v) is 5.91. The van der Waals surface area contributed by atoms with Gasteiger partial charge in [0, 0.05) is 23.1 Å². The maximum absolute atomic E-state index is 11.7. The maximum atomic E-state index is 11.7. The van der Waals surface area contributed by atoms with Crippen molar-refractivity contribution < 1.29 is 9.53 Å². The molecule has 2 aromatic heterocycles. The van der Waals surface area contributed by atoms with Crippen molar-refractivity contribution in [3.05, 3.63) is 53.7 Å². The Kier molecular flexibility index (Phi) is 3.88. The van der Waals surface area contributed by atoms with Crippen LogP contribution >= 0.6 is 15.9 Å². The zero-order valence-corrected chi connectivity index (χ0v) is 11.0. The summed E-state index contributed by atoms with van der Waals surface area (Å²) < 4.78 is 7.34. The highest BCUT2D eigenvalue weighted by Gasteiger charge is 2.09. The van der Waals surface area contributed by atoms with Crippen molar-refractivity contribution in [2.24, 2.45) is 0 Å². The van der Waals surface area contributed by atoms with Crippen molar-refractivity contribution in [2.75, 3.05) is 6.61 Å². The van der Waals surface area contributed by atoms with Gasteiger partial charge in [-0.2, -0.15) is 0 Å². The summed E-state index contributed by atoms with van der Waals surface area (Å²) in [5.41, 5.74) is 0.433. The number of nitrogens with zero attached hydrogens (tertiary/aromatic N) is 3. The molecule has 0 aromatic carbocycles. The molecule has 0 aliphatic rings. The summed E-state index contributed by atoms with van der Waals surface area (Å²) in [5, 5.41) is 0. The largest absolute Gasteiger partial charge is 0.457 e. The Hall–Kier alpha value is -1.95. The Labute approximate surface area is 112 Å². The number of carbonyl (C=O) groups is 1. The van der Waals surface area contributed by atoms with Gasteiger partial charge in [-0.1, -0.05) is 22.5 Å². The molecule has 92 valence electrons. The van der Waals surface area contributed by atoms with Crippen molar-refractivity contribution in [2.45, 2.75) is 0 Å². The second kappa shape index (κ2) is 5.59. The summed E-state index contributed by atoms with van der Waals surface area (Å²) >= 11 is 3.13. The van der Waals surface area contributed by atoms with Gasteiger partial charge in [-0.3, -0.25) is 4.57 Å². The molecule has 0 unspecified atom stereocenters. The van der Waals surface area contributed by atoms with E-state index in [9.17, 15) is 4.79 Å². The number of esters is 1. The Bertz CT molecular complexity index is 566. The van der Waals surface area contributed by atoms with E-state index in [0.29, 0.717) is 15.9 Å². The zero-order valence-electron chi connectivity index (χ0n) is 9.41. The van der Waals surface area contributed by atoms with Crippen LogP contribution < -0.4 is 0 Å². The highest BCUT2D eigenvalue weighted by atomic mass is 79.9. The third kappa shape index (κ3) is 3.04. The molecule has 2 heterocycles. The molecule has 0 amide bonds. The van der Waals surface area contributed by atoms with E-state index in [2.05, 4.69) is 32.5 Å². The van der Waals surface area contributed by atoms with Gasteiger partial charge in [0.1, 0.15) is 18.8 Å². The van der Waals surface area contributed by atoms with E-state index >= 15 is 0 Å². The van der Waals surface area contributed by atoms with Gasteiger partial charge >= 0.3 is 5.97 Å². The molecular formula is C12H10BrN3O2. The number of carbonyl (C=O) groups excluding carboxylic acids is 1. The van der Waals surface area contributed by atoms with Gasteiger partial charge in [-0.05, 0) is 12.1 Å². The lowest BCUT2D eigenvalue weighted by molar-refractivity contribution is 0.0547. The maximum Gasteiger partial charge on any atom is 0.338 e. The number of hydrogen-bond donors (Lipinski definition) is 0. The van der Waals surface area contributed by atoms with Crippen LogP contribution in [0.1, 0.15) is 10.4 Å². The lowest BCUT2D eigenvalue weighted by Crippen LogP contribution is -2.07. The first-order chi connectivity index (χ1) is 8.66. The predicted molar refractivity (Wildman–Crippen MR) is 69.7 cm³/mol. The van der Waals surface area contributed by atoms with Crippen LogP contribution in [0.4, 0.5) is 0 Å². The molecule has 0 N–H and O–H groups in total. The summed E-state index contributed by atoms with van der Waals surface area (Å²) in [6.45, 7) is 3.73. The van der Waals surface area contributed by atoms with Crippen LogP contribution in [0.25, 0.3) is 5.82 Å². The molecule has 0 spiro atoms. The van der Waals surface area contributed by atoms with E-state index in [1.165, 1.54) is 0 Å². The normalized spacial score (nSPS) is 10.1. The molecule has 6 heteroatoms. The van der Waals surface area contributed by atoms with Crippen LogP contribution in [0.3, 0.4) is 0 Å². The van der Waals surface area contributed by atoms with Gasteiger partial charge in [-0.25, -0.2) is 14.8 Å². The van der Waals surface area contributed by atoms with Gasteiger partial charge in [0.2, 0.25) is 0 Å². The van der Waals surface area contributed by atoms with Crippen molar-refractivity contribution >= 4 is 21.9 Å². The predicted octanol–water partition coefficient (Wildman–Crippen LogP) is 2.33. The van der Waals surface area contributed by atoms with Gasteiger partial charge in [0.05, 0.1) is 5.56 Å². The molecule has 0 aliphatic heterocycles. The van der Waals surface area contributed by atoms with Gasteiger partial charge in [0.25, 0.3) is 0 Å². The topological polar surface area (TPSA) is 57.0 Å².